The number of nitrogens with one attached hydrogen (secondary N) is 1. The first-order valence-corrected chi connectivity index (χ1v) is 7.01. The minimum atomic E-state index is 0.720. The average molecular weight is 258 g/mol. The number of benzene rings is 1. The molecule has 1 heterocycles. The Morgan fingerprint density at radius 3 is 2.37 bits per heavy atom. The van der Waals surface area contributed by atoms with Crippen LogP contribution in [-0.4, -0.2) is 14.8 Å². The number of anilines is 1. The Hall–Kier alpha value is -1.84. The smallest absolute Gasteiger partial charge is 0.146 e. The van der Waals surface area contributed by atoms with Gasteiger partial charge < -0.3 is 5.32 Å². The van der Waals surface area contributed by atoms with E-state index in [1.807, 2.05) is 4.68 Å². The highest BCUT2D eigenvalue weighted by Crippen LogP contribution is 2.23. The van der Waals surface area contributed by atoms with Crippen molar-refractivity contribution >= 4 is 5.69 Å². The monoisotopic (exact) mass is 258 g/mol. The van der Waals surface area contributed by atoms with Gasteiger partial charge in [-0.1, -0.05) is 32.0 Å². The molecule has 0 atom stereocenters. The molecule has 2 aromatic rings. The maximum absolute atomic E-state index is 4.30. The van der Waals surface area contributed by atoms with Crippen LogP contribution in [0.15, 0.2) is 24.5 Å². The van der Waals surface area contributed by atoms with Crippen LogP contribution in [0.1, 0.15) is 37.7 Å². The second-order valence-corrected chi connectivity index (χ2v) is 4.50. The predicted molar refractivity (Wildman–Crippen MR) is 78.2 cm³/mol. The first-order valence-electron chi connectivity index (χ1n) is 7.01. The van der Waals surface area contributed by atoms with E-state index in [1.165, 1.54) is 16.8 Å². The van der Waals surface area contributed by atoms with Crippen molar-refractivity contribution in [1.82, 2.24) is 14.8 Å². The lowest BCUT2D eigenvalue weighted by atomic mass is 10.0. The number of para-hydroxylation sites is 1. The molecular formula is C15H22N4. The third kappa shape index (κ3) is 2.95. The van der Waals surface area contributed by atoms with E-state index < -0.39 is 0 Å². The van der Waals surface area contributed by atoms with Crippen molar-refractivity contribution in [3.63, 3.8) is 0 Å². The number of nitrogens with zero attached hydrogens (tertiary/aromatic N) is 3. The van der Waals surface area contributed by atoms with Gasteiger partial charge in [0.05, 0.1) is 6.54 Å². The zero-order valence-electron chi connectivity index (χ0n) is 12.0. The van der Waals surface area contributed by atoms with Gasteiger partial charge in [0, 0.05) is 12.2 Å². The number of aryl methyl sites for hydroxylation is 3. The van der Waals surface area contributed by atoms with Crippen LogP contribution in [0.25, 0.3) is 0 Å². The van der Waals surface area contributed by atoms with Gasteiger partial charge >= 0.3 is 0 Å². The molecule has 2 rings (SSSR count). The van der Waals surface area contributed by atoms with Crippen molar-refractivity contribution < 1.29 is 0 Å². The van der Waals surface area contributed by atoms with E-state index in [4.69, 9.17) is 0 Å². The summed E-state index contributed by atoms with van der Waals surface area (Å²) in [5, 5.41) is 7.74. The van der Waals surface area contributed by atoms with E-state index >= 15 is 0 Å². The molecule has 0 fully saturated rings. The van der Waals surface area contributed by atoms with Crippen LogP contribution in [0.4, 0.5) is 5.69 Å². The Morgan fingerprint density at radius 1 is 1.11 bits per heavy atom. The molecule has 0 aliphatic carbocycles. The molecule has 4 nitrogen and oxygen atoms in total. The number of aromatic nitrogens is 3. The number of hydrogen-bond donors (Lipinski definition) is 1. The Kier molecular flexibility index (Phi) is 4.55. The molecule has 4 heteroatoms. The molecule has 0 radical (unpaired) electrons. The van der Waals surface area contributed by atoms with Crippen LogP contribution in [0, 0.1) is 0 Å². The van der Waals surface area contributed by atoms with Gasteiger partial charge in [0.1, 0.15) is 12.2 Å². The topological polar surface area (TPSA) is 42.7 Å². The summed E-state index contributed by atoms with van der Waals surface area (Å²) in [4.78, 5) is 4.30. The summed E-state index contributed by atoms with van der Waals surface area (Å²) in [7, 11) is 0. The van der Waals surface area contributed by atoms with Crippen molar-refractivity contribution in [1.29, 1.82) is 0 Å². The molecule has 0 aliphatic heterocycles. The molecule has 0 amide bonds. The highest BCUT2D eigenvalue weighted by molar-refractivity contribution is 5.57. The number of rotatable bonds is 6. The molecule has 1 aromatic carbocycles. The minimum absolute atomic E-state index is 0.720. The van der Waals surface area contributed by atoms with Crippen molar-refractivity contribution in [2.45, 2.75) is 46.7 Å². The lowest BCUT2D eigenvalue weighted by Gasteiger charge is -2.15. The average Bonchev–Trinajstić information content (AvgIpc) is 2.91. The normalized spacial score (nSPS) is 10.7. The lowest BCUT2D eigenvalue weighted by molar-refractivity contribution is 0.621. The predicted octanol–water partition coefficient (Wildman–Crippen LogP) is 3.03. The zero-order valence-corrected chi connectivity index (χ0v) is 12.0. The Bertz CT molecular complexity index is 508. The molecule has 0 unspecified atom stereocenters. The maximum Gasteiger partial charge on any atom is 0.146 e. The second-order valence-electron chi connectivity index (χ2n) is 4.50. The summed E-state index contributed by atoms with van der Waals surface area (Å²) in [6, 6.07) is 6.51. The van der Waals surface area contributed by atoms with E-state index in [2.05, 4.69) is 54.4 Å². The standard InChI is InChI=1S/C15H22N4/c1-4-12-8-7-9-13(5-2)15(12)16-10-14-17-11-18-19(14)6-3/h7-9,11,16H,4-6,10H2,1-3H3. The fraction of sp³-hybridized carbons (Fsp3) is 0.467. The fourth-order valence-corrected chi connectivity index (χ4v) is 2.33. The molecule has 0 bridgehead atoms. The molecule has 1 N–H and O–H groups in total. The van der Waals surface area contributed by atoms with E-state index in [-0.39, 0.29) is 0 Å². The van der Waals surface area contributed by atoms with E-state index in [9.17, 15) is 0 Å². The van der Waals surface area contributed by atoms with Crippen molar-refractivity contribution in [2.24, 2.45) is 0 Å². The number of hydrogen-bond acceptors (Lipinski definition) is 3. The zero-order chi connectivity index (χ0) is 13.7. The van der Waals surface area contributed by atoms with Crippen LogP contribution >= 0.6 is 0 Å². The molecular weight excluding hydrogens is 236 g/mol. The van der Waals surface area contributed by atoms with Crippen LogP contribution in [0.5, 0.6) is 0 Å². The fourth-order valence-electron chi connectivity index (χ4n) is 2.33. The van der Waals surface area contributed by atoms with E-state index in [0.29, 0.717) is 0 Å². The molecule has 0 aliphatic rings. The highest BCUT2D eigenvalue weighted by atomic mass is 15.3. The summed E-state index contributed by atoms with van der Waals surface area (Å²) >= 11 is 0. The van der Waals surface area contributed by atoms with Gasteiger partial charge in [0.2, 0.25) is 0 Å². The quantitative estimate of drug-likeness (QED) is 0.866. The third-order valence-electron chi connectivity index (χ3n) is 3.42. The van der Waals surface area contributed by atoms with Crippen LogP contribution in [0.3, 0.4) is 0 Å². The first-order chi connectivity index (χ1) is 9.30. The Balaban J connectivity index is 2.19. The molecule has 19 heavy (non-hydrogen) atoms. The van der Waals surface area contributed by atoms with Crippen LogP contribution < -0.4 is 5.32 Å². The SMILES string of the molecule is CCc1cccc(CC)c1NCc1ncnn1CC. The Labute approximate surface area is 114 Å². The maximum atomic E-state index is 4.30. The Morgan fingerprint density at radius 2 is 1.79 bits per heavy atom. The summed E-state index contributed by atoms with van der Waals surface area (Å²) in [6.45, 7) is 8.03. The van der Waals surface area contributed by atoms with E-state index in [1.54, 1.807) is 6.33 Å². The first kappa shape index (κ1) is 13.6. The second kappa shape index (κ2) is 6.36. The minimum Gasteiger partial charge on any atom is -0.377 e. The van der Waals surface area contributed by atoms with Gasteiger partial charge in [-0.05, 0) is 30.9 Å². The highest BCUT2D eigenvalue weighted by Gasteiger charge is 2.08. The lowest BCUT2D eigenvalue weighted by Crippen LogP contribution is -2.11. The van der Waals surface area contributed by atoms with Crippen molar-refractivity contribution in [3.05, 3.63) is 41.5 Å². The van der Waals surface area contributed by atoms with Gasteiger partial charge in [-0.3, -0.25) is 0 Å². The van der Waals surface area contributed by atoms with Gasteiger partial charge in [-0.2, -0.15) is 5.10 Å². The van der Waals surface area contributed by atoms with Gasteiger partial charge in [0.15, 0.2) is 0 Å². The van der Waals surface area contributed by atoms with Crippen molar-refractivity contribution in [2.75, 3.05) is 5.32 Å². The third-order valence-corrected chi connectivity index (χ3v) is 3.42. The summed E-state index contributed by atoms with van der Waals surface area (Å²) in [5.41, 5.74) is 3.99. The molecule has 0 saturated heterocycles. The van der Waals surface area contributed by atoms with Gasteiger partial charge in [0.25, 0.3) is 0 Å². The van der Waals surface area contributed by atoms with Crippen molar-refractivity contribution in [3.8, 4) is 0 Å². The summed E-state index contributed by atoms with van der Waals surface area (Å²) in [5.74, 6) is 0.982. The molecule has 1 aromatic heterocycles. The van der Waals surface area contributed by atoms with Gasteiger partial charge in [-0.25, -0.2) is 9.67 Å². The molecule has 102 valence electrons. The van der Waals surface area contributed by atoms with Crippen LogP contribution in [-0.2, 0) is 25.9 Å². The summed E-state index contributed by atoms with van der Waals surface area (Å²) in [6.07, 6.45) is 3.69. The molecule has 0 spiro atoms. The molecule has 0 saturated carbocycles. The van der Waals surface area contributed by atoms with Gasteiger partial charge in [-0.15, -0.1) is 0 Å². The largest absolute Gasteiger partial charge is 0.377 e. The van der Waals surface area contributed by atoms with Crippen LogP contribution in [0.2, 0.25) is 0 Å². The van der Waals surface area contributed by atoms with E-state index in [0.717, 1.165) is 31.8 Å². The summed E-state index contributed by atoms with van der Waals surface area (Å²) < 4.78 is 1.92.